The van der Waals surface area contributed by atoms with Gasteiger partial charge >= 0.3 is 0 Å². The standard InChI is InChI=1S/C22H32FN3O2/c23-14-21(27)13-17-4-5-19-15-24(7-6-18(19)12-17)16-22(28)26-10-8-25(9-11-26)20-2-1-3-20/h4-5,12,20-21,27H,1-3,6-11,13-16H2. The number of rotatable bonds is 6. The van der Waals surface area contributed by atoms with Crippen LogP contribution in [0.3, 0.4) is 0 Å². The quantitative estimate of drug-likeness (QED) is 0.803. The highest BCUT2D eigenvalue weighted by Crippen LogP contribution is 2.26. The van der Waals surface area contributed by atoms with E-state index in [1.54, 1.807) is 0 Å². The number of hydrogen-bond donors (Lipinski definition) is 1. The maximum atomic E-state index is 12.7. The van der Waals surface area contributed by atoms with E-state index in [-0.39, 0.29) is 5.91 Å². The fourth-order valence-corrected chi connectivity index (χ4v) is 4.63. The smallest absolute Gasteiger partial charge is 0.236 e. The van der Waals surface area contributed by atoms with Crippen molar-refractivity contribution in [2.45, 2.75) is 50.8 Å². The van der Waals surface area contributed by atoms with Crippen LogP contribution in [0.5, 0.6) is 0 Å². The summed E-state index contributed by atoms with van der Waals surface area (Å²) >= 11 is 0. The van der Waals surface area contributed by atoms with Gasteiger partial charge in [-0.15, -0.1) is 0 Å². The number of aliphatic hydroxyl groups is 1. The summed E-state index contributed by atoms with van der Waals surface area (Å²) in [6.07, 6.45) is 4.36. The minimum Gasteiger partial charge on any atom is -0.390 e. The average molecular weight is 390 g/mol. The van der Waals surface area contributed by atoms with E-state index in [2.05, 4.69) is 21.9 Å². The van der Waals surface area contributed by atoms with E-state index in [0.29, 0.717) is 13.0 Å². The summed E-state index contributed by atoms with van der Waals surface area (Å²) in [4.78, 5) is 19.6. The van der Waals surface area contributed by atoms with Crippen LogP contribution in [-0.2, 0) is 24.2 Å². The van der Waals surface area contributed by atoms with Crippen molar-refractivity contribution >= 4 is 5.91 Å². The summed E-state index contributed by atoms with van der Waals surface area (Å²) in [6, 6.07) is 6.91. The van der Waals surface area contributed by atoms with Crippen LogP contribution in [0.25, 0.3) is 0 Å². The molecule has 1 unspecified atom stereocenters. The number of carbonyl (C=O) groups is 1. The van der Waals surface area contributed by atoms with E-state index in [9.17, 15) is 14.3 Å². The highest BCUT2D eigenvalue weighted by molar-refractivity contribution is 5.78. The molecule has 1 saturated carbocycles. The van der Waals surface area contributed by atoms with Gasteiger partial charge in [0.05, 0.1) is 12.6 Å². The second-order valence-corrected chi connectivity index (χ2v) is 8.58. The molecule has 0 aromatic heterocycles. The van der Waals surface area contributed by atoms with Gasteiger partial charge in [-0.3, -0.25) is 14.6 Å². The third-order valence-electron chi connectivity index (χ3n) is 6.63. The molecule has 4 rings (SSSR count). The Labute approximate surface area is 167 Å². The summed E-state index contributed by atoms with van der Waals surface area (Å²) in [5.41, 5.74) is 3.49. The molecule has 1 aliphatic carbocycles. The second-order valence-electron chi connectivity index (χ2n) is 8.58. The molecular weight excluding hydrogens is 357 g/mol. The van der Waals surface area contributed by atoms with Gasteiger partial charge in [0.1, 0.15) is 6.67 Å². The van der Waals surface area contributed by atoms with Crippen LogP contribution in [0.15, 0.2) is 18.2 Å². The minimum absolute atomic E-state index is 0.249. The Morgan fingerprint density at radius 2 is 1.93 bits per heavy atom. The average Bonchev–Trinajstić information content (AvgIpc) is 2.67. The number of fused-ring (bicyclic) bond motifs is 1. The molecule has 0 bridgehead atoms. The molecule has 1 amide bonds. The lowest BCUT2D eigenvalue weighted by molar-refractivity contribution is -0.135. The fraction of sp³-hybridized carbons (Fsp3) is 0.682. The number of carbonyl (C=O) groups excluding carboxylic acids is 1. The van der Waals surface area contributed by atoms with E-state index in [4.69, 9.17) is 0 Å². The first-order valence-corrected chi connectivity index (χ1v) is 10.7. The molecule has 1 saturated heterocycles. The third kappa shape index (κ3) is 4.56. The van der Waals surface area contributed by atoms with E-state index >= 15 is 0 Å². The van der Waals surface area contributed by atoms with Crippen LogP contribution in [0.1, 0.15) is 36.0 Å². The van der Waals surface area contributed by atoms with Gasteiger partial charge in [0, 0.05) is 51.7 Å². The molecule has 28 heavy (non-hydrogen) atoms. The molecule has 1 N–H and O–H groups in total. The molecule has 1 atom stereocenters. The molecule has 1 aromatic rings. The first kappa shape index (κ1) is 19.8. The number of amides is 1. The molecule has 6 heteroatoms. The number of piperazine rings is 1. The largest absolute Gasteiger partial charge is 0.390 e. The number of alkyl halides is 1. The van der Waals surface area contributed by atoms with E-state index in [1.807, 2.05) is 11.0 Å². The van der Waals surface area contributed by atoms with Gasteiger partial charge in [0.15, 0.2) is 0 Å². The maximum absolute atomic E-state index is 12.7. The van der Waals surface area contributed by atoms with Crippen molar-refractivity contribution in [2.24, 2.45) is 0 Å². The van der Waals surface area contributed by atoms with Gasteiger partial charge in [0.2, 0.25) is 5.91 Å². The van der Waals surface area contributed by atoms with Crippen LogP contribution < -0.4 is 0 Å². The highest BCUT2D eigenvalue weighted by atomic mass is 19.1. The summed E-state index contributed by atoms with van der Waals surface area (Å²) < 4.78 is 12.5. The Bertz CT molecular complexity index is 686. The Morgan fingerprint density at radius 1 is 1.14 bits per heavy atom. The van der Waals surface area contributed by atoms with E-state index < -0.39 is 12.8 Å². The zero-order valence-corrected chi connectivity index (χ0v) is 16.7. The van der Waals surface area contributed by atoms with Gasteiger partial charge in [-0.05, 0) is 36.0 Å². The van der Waals surface area contributed by atoms with Crippen molar-refractivity contribution in [1.82, 2.24) is 14.7 Å². The molecule has 0 spiro atoms. The predicted molar refractivity (Wildman–Crippen MR) is 107 cm³/mol. The molecule has 2 heterocycles. The number of aliphatic hydroxyl groups excluding tert-OH is 1. The van der Waals surface area contributed by atoms with Gasteiger partial charge in [-0.25, -0.2) is 4.39 Å². The predicted octanol–water partition coefficient (Wildman–Crippen LogP) is 1.61. The molecule has 154 valence electrons. The van der Waals surface area contributed by atoms with Crippen LogP contribution >= 0.6 is 0 Å². The topological polar surface area (TPSA) is 47.0 Å². The molecule has 0 radical (unpaired) electrons. The Balaban J connectivity index is 1.27. The summed E-state index contributed by atoms with van der Waals surface area (Å²) in [5.74, 6) is 0.249. The summed E-state index contributed by atoms with van der Waals surface area (Å²) in [6.45, 7) is 5.21. The lowest BCUT2D eigenvalue weighted by Crippen LogP contribution is -2.55. The Morgan fingerprint density at radius 3 is 2.61 bits per heavy atom. The molecule has 5 nitrogen and oxygen atoms in total. The lowest BCUT2D eigenvalue weighted by atomic mass is 9.91. The SMILES string of the molecule is O=C(CN1CCc2cc(CC(O)CF)ccc2C1)N1CCN(C2CCC2)CC1. The molecule has 3 aliphatic rings. The van der Waals surface area contributed by atoms with E-state index in [1.165, 1.54) is 30.4 Å². The Hall–Kier alpha value is -1.50. The maximum Gasteiger partial charge on any atom is 0.236 e. The molecule has 1 aromatic carbocycles. The van der Waals surface area contributed by atoms with Gasteiger partial charge < -0.3 is 10.0 Å². The number of hydrogen-bond acceptors (Lipinski definition) is 4. The molecule has 2 fully saturated rings. The minimum atomic E-state index is -0.916. The van der Waals surface area contributed by atoms with Crippen molar-refractivity contribution in [3.8, 4) is 0 Å². The number of nitrogens with zero attached hydrogens (tertiary/aromatic N) is 3. The lowest BCUT2D eigenvalue weighted by Gasteiger charge is -2.43. The van der Waals surface area contributed by atoms with Crippen molar-refractivity contribution < 1.29 is 14.3 Å². The van der Waals surface area contributed by atoms with Crippen molar-refractivity contribution in [3.63, 3.8) is 0 Å². The first-order chi connectivity index (χ1) is 13.6. The zero-order valence-electron chi connectivity index (χ0n) is 16.7. The second kappa shape index (κ2) is 8.89. The molecular formula is C22H32FN3O2. The highest BCUT2D eigenvalue weighted by Gasteiger charge is 2.30. The first-order valence-electron chi connectivity index (χ1n) is 10.7. The summed E-state index contributed by atoms with van der Waals surface area (Å²) in [7, 11) is 0. The van der Waals surface area contributed by atoms with Crippen molar-refractivity contribution in [2.75, 3.05) is 45.9 Å². The Kier molecular flexibility index (Phi) is 6.28. The third-order valence-corrected chi connectivity index (χ3v) is 6.63. The number of benzene rings is 1. The van der Waals surface area contributed by atoms with Crippen LogP contribution in [0.4, 0.5) is 4.39 Å². The summed E-state index contributed by atoms with van der Waals surface area (Å²) in [5, 5.41) is 9.52. The fourth-order valence-electron chi connectivity index (χ4n) is 4.63. The number of halogens is 1. The van der Waals surface area contributed by atoms with E-state index in [0.717, 1.165) is 57.3 Å². The van der Waals surface area contributed by atoms with Crippen molar-refractivity contribution in [1.29, 1.82) is 0 Å². The monoisotopic (exact) mass is 389 g/mol. The van der Waals surface area contributed by atoms with Gasteiger partial charge in [0.25, 0.3) is 0 Å². The normalized spacial score (nSPS) is 22.6. The van der Waals surface area contributed by atoms with Gasteiger partial charge in [-0.2, -0.15) is 0 Å². The van der Waals surface area contributed by atoms with Crippen LogP contribution in [0, 0.1) is 0 Å². The van der Waals surface area contributed by atoms with Crippen molar-refractivity contribution in [3.05, 3.63) is 34.9 Å². The molecule has 2 aliphatic heterocycles. The van der Waals surface area contributed by atoms with Crippen LogP contribution in [0.2, 0.25) is 0 Å². The van der Waals surface area contributed by atoms with Gasteiger partial charge in [-0.1, -0.05) is 24.6 Å². The zero-order chi connectivity index (χ0) is 19.5. The van der Waals surface area contributed by atoms with Crippen LogP contribution in [-0.4, -0.2) is 83.8 Å².